The number of nitrogens with two attached hydrogens (primary N) is 1. The number of nitriles is 1. The molecule has 0 unspecified atom stereocenters. The second kappa shape index (κ2) is 3.19. The largest absolute Gasteiger partial charge is 0.366 e. The number of hydrogen-bond donors (Lipinski definition) is 1. The van der Waals surface area contributed by atoms with E-state index >= 15 is 0 Å². The summed E-state index contributed by atoms with van der Waals surface area (Å²) in [5.74, 6) is -3.06. The van der Waals surface area contributed by atoms with Crippen molar-refractivity contribution in [2.45, 2.75) is 0 Å². The number of carbonyl (C=O) groups is 1. The molecule has 66 valence electrons. The average molecular weight is 182 g/mol. The number of halogens is 2. The fraction of sp³-hybridized carbons (Fsp3) is 0. The van der Waals surface area contributed by atoms with Crippen LogP contribution >= 0.6 is 0 Å². The molecule has 0 aliphatic heterocycles. The van der Waals surface area contributed by atoms with Crippen molar-refractivity contribution in [1.29, 1.82) is 5.26 Å². The molecule has 1 amide bonds. The van der Waals surface area contributed by atoms with E-state index in [-0.39, 0.29) is 0 Å². The van der Waals surface area contributed by atoms with Crippen LogP contribution in [0, 0.1) is 23.0 Å². The highest BCUT2D eigenvalue weighted by Crippen LogP contribution is 2.14. The van der Waals surface area contributed by atoms with Crippen LogP contribution in [0.3, 0.4) is 0 Å². The smallest absolute Gasteiger partial charge is 0.251 e. The molecule has 0 heterocycles. The number of primary amides is 1. The molecular weight excluding hydrogens is 178 g/mol. The molecule has 2 N–H and O–H groups in total. The Morgan fingerprint density at radius 1 is 1.46 bits per heavy atom. The van der Waals surface area contributed by atoms with Crippen LogP contribution in [0.5, 0.6) is 0 Å². The first-order valence-electron chi connectivity index (χ1n) is 3.25. The third-order valence-electron chi connectivity index (χ3n) is 1.42. The molecule has 1 aromatic rings. The van der Waals surface area contributed by atoms with E-state index < -0.39 is 28.7 Å². The molecule has 1 rings (SSSR count). The van der Waals surface area contributed by atoms with E-state index in [1.165, 1.54) is 6.07 Å². The normalized spacial score (nSPS) is 9.31. The SMILES string of the molecule is N#Cc1cc(F)cc(C(N)=O)c1F. The van der Waals surface area contributed by atoms with Crippen LogP contribution in [0.15, 0.2) is 12.1 Å². The van der Waals surface area contributed by atoms with E-state index in [0.717, 1.165) is 0 Å². The van der Waals surface area contributed by atoms with Gasteiger partial charge in [-0.2, -0.15) is 5.26 Å². The van der Waals surface area contributed by atoms with Crippen LogP contribution in [0.25, 0.3) is 0 Å². The number of nitrogens with zero attached hydrogens (tertiary/aromatic N) is 1. The van der Waals surface area contributed by atoms with Crippen LogP contribution in [0.2, 0.25) is 0 Å². The summed E-state index contributed by atoms with van der Waals surface area (Å²) >= 11 is 0. The molecule has 0 saturated heterocycles. The Morgan fingerprint density at radius 3 is 2.54 bits per heavy atom. The number of carbonyl (C=O) groups excluding carboxylic acids is 1. The average Bonchev–Trinajstić information content (AvgIpc) is 2.08. The number of benzene rings is 1. The second-order valence-electron chi connectivity index (χ2n) is 2.29. The minimum absolute atomic E-state index is 0.534. The molecule has 0 atom stereocenters. The molecule has 0 radical (unpaired) electrons. The fourth-order valence-corrected chi connectivity index (χ4v) is 0.850. The molecule has 13 heavy (non-hydrogen) atoms. The predicted molar refractivity (Wildman–Crippen MR) is 39.6 cm³/mol. The van der Waals surface area contributed by atoms with Crippen molar-refractivity contribution in [3.8, 4) is 6.07 Å². The van der Waals surface area contributed by atoms with E-state index in [1.807, 2.05) is 0 Å². The Labute approximate surface area is 72.4 Å². The molecule has 3 nitrogen and oxygen atoms in total. The van der Waals surface area contributed by atoms with E-state index in [0.29, 0.717) is 12.1 Å². The van der Waals surface area contributed by atoms with Gasteiger partial charge in [0.15, 0.2) is 5.82 Å². The Bertz CT molecular complexity index is 409. The number of amides is 1. The highest BCUT2D eigenvalue weighted by atomic mass is 19.1. The quantitative estimate of drug-likeness (QED) is 0.702. The van der Waals surface area contributed by atoms with Gasteiger partial charge >= 0.3 is 0 Å². The van der Waals surface area contributed by atoms with Gasteiger partial charge in [0, 0.05) is 0 Å². The lowest BCUT2D eigenvalue weighted by molar-refractivity contribution is 0.0996. The van der Waals surface area contributed by atoms with Gasteiger partial charge < -0.3 is 5.73 Å². The molecular formula is C8H4F2N2O. The maximum Gasteiger partial charge on any atom is 0.251 e. The van der Waals surface area contributed by atoms with Crippen molar-refractivity contribution >= 4 is 5.91 Å². The highest BCUT2D eigenvalue weighted by molar-refractivity contribution is 5.93. The van der Waals surface area contributed by atoms with Gasteiger partial charge in [-0.05, 0) is 12.1 Å². The lowest BCUT2D eigenvalue weighted by Gasteiger charge is -1.99. The summed E-state index contributed by atoms with van der Waals surface area (Å²) in [5, 5.41) is 8.34. The van der Waals surface area contributed by atoms with Crippen LogP contribution in [-0.2, 0) is 0 Å². The molecule has 0 bridgehead atoms. The summed E-state index contributed by atoms with van der Waals surface area (Å²) in [6.45, 7) is 0. The molecule has 0 fully saturated rings. The topological polar surface area (TPSA) is 66.9 Å². The monoisotopic (exact) mass is 182 g/mol. The summed E-state index contributed by atoms with van der Waals surface area (Å²) in [4.78, 5) is 10.5. The third kappa shape index (κ3) is 1.62. The van der Waals surface area contributed by atoms with Gasteiger partial charge in [-0.1, -0.05) is 0 Å². The van der Waals surface area contributed by atoms with Crippen LogP contribution in [0.1, 0.15) is 15.9 Å². The first-order chi connectivity index (χ1) is 6.06. The van der Waals surface area contributed by atoms with E-state index in [4.69, 9.17) is 11.0 Å². The van der Waals surface area contributed by atoms with Crippen molar-refractivity contribution < 1.29 is 13.6 Å². The van der Waals surface area contributed by atoms with Crippen molar-refractivity contribution in [1.82, 2.24) is 0 Å². The number of hydrogen-bond acceptors (Lipinski definition) is 2. The van der Waals surface area contributed by atoms with Gasteiger partial charge in [-0.25, -0.2) is 8.78 Å². The lowest BCUT2D eigenvalue weighted by atomic mass is 10.1. The molecule has 5 heteroatoms. The van der Waals surface area contributed by atoms with E-state index in [9.17, 15) is 13.6 Å². The van der Waals surface area contributed by atoms with Gasteiger partial charge in [0.1, 0.15) is 11.9 Å². The molecule has 0 spiro atoms. The summed E-state index contributed by atoms with van der Waals surface area (Å²) in [6, 6.07) is 2.76. The zero-order valence-corrected chi connectivity index (χ0v) is 6.34. The molecule has 0 saturated carbocycles. The van der Waals surface area contributed by atoms with Gasteiger partial charge in [-0.15, -0.1) is 0 Å². The van der Waals surface area contributed by atoms with Gasteiger partial charge in [-0.3, -0.25) is 4.79 Å². The Balaban J connectivity index is 3.47. The zero-order chi connectivity index (χ0) is 10.0. The first kappa shape index (κ1) is 9.13. The standard InChI is InChI=1S/C8H4F2N2O/c9-5-1-4(3-11)7(10)6(2-5)8(12)13/h1-2H,(H2,12,13). The first-order valence-corrected chi connectivity index (χ1v) is 3.25. The lowest BCUT2D eigenvalue weighted by Crippen LogP contribution is -2.14. The predicted octanol–water partition coefficient (Wildman–Crippen LogP) is 0.935. The minimum atomic E-state index is -1.10. The van der Waals surface area contributed by atoms with Gasteiger partial charge in [0.2, 0.25) is 0 Å². The minimum Gasteiger partial charge on any atom is -0.366 e. The van der Waals surface area contributed by atoms with Crippen LogP contribution < -0.4 is 5.73 Å². The molecule has 0 aliphatic rings. The van der Waals surface area contributed by atoms with Crippen molar-refractivity contribution in [2.24, 2.45) is 5.73 Å². The van der Waals surface area contributed by atoms with E-state index in [1.54, 1.807) is 0 Å². The summed E-state index contributed by atoms with van der Waals surface area (Å²) in [5.41, 5.74) is 3.60. The van der Waals surface area contributed by atoms with Crippen molar-refractivity contribution in [3.63, 3.8) is 0 Å². The Kier molecular flexibility index (Phi) is 2.24. The fourth-order valence-electron chi connectivity index (χ4n) is 0.850. The molecule has 0 aliphatic carbocycles. The Hall–Kier alpha value is -1.96. The molecule has 0 aromatic heterocycles. The number of rotatable bonds is 1. The Morgan fingerprint density at radius 2 is 2.08 bits per heavy atom. The van der Waals surface area contributed by atoms with Gasteiger partial charge in [0.25, 0.3) is 5.91 Å². The summed E-state index contributed by atoms with van der Waals surface area (Å²) in [7, 11) is 0. The zero-order valence-electron chi connectivity index (χ0n) is 6.34. The molecule has 1 aromatic carbocycles. The maximum absolute atomic E-state index is 13.0. The maximum atomic E-state index is 13.0. The van der Waals surface area contributed by atoms with Crippen LogP contribution in [-0.4, -0.2) is 5.91 Å². The van der Waals surface area contributed by atoms with Gasteiger partial charge in [0.05, 0.1) is 11.1 Å². The van der Waals surface area contributed by atoms with Crippen LogP contribution in [0.4, 0.5) is 8.78 Å². The van der Waals surface area contributed by atoms with Crippen molar-refractivity contribution in [3.05, 3.63) is 34.9 Å². The van der Waals surface area contributed by atoms with E-state index in [2.05, 4.69) is 0 Å². The highest BCUT2D eigenvalue weighted by Gasteiger charge is 2.14. The summed E-state index contributed by atoms with van der Waals surface area (Å²) < 4.78 is 25.6. The second-order valence-corrected chi connectivity index (χ2v) is 2.29. The third-order valence-corrected chi connectivity index (χ3v) is 1.42. The summed E-state index contributed by atoms with van der Waals surface area (Å²) in [6.07, 6.45) is 0. The van der Waals surface area contributed by atoms with Crippen molar-refractivity contribution in [2.75, 3.05) is 0 Å².